The number of pyridine rings is 1. The van der Waals surface area contributed by atoms with Crippen molar-refractivity contribution in [1.29, 1.82) is 0 Å². The summed E-state index contributed by atoms with van der Waals surface area (Å²) in [6.07, 6.45) is 4.02. The molecule has 0 radical (unpaired) electrons. The van der Waals surface area contributed by atoms with Crippen LogP contribution in [0.4, 0.5) is 0 Å². The first kappa shape index (κ1) is 13.7. The third-order valence-corrected chi connectivity index (χ3v) is 3.59. The molecule has 0 fully saturated rings. The molecule has 5 heteroatoms. The van der Waals surface area contributed by atoms with Crippen molar-refractivity contribution in [1.82, 2.24) is 19.7 Å². The number of rotatable bonds is 4. The summed E-state index contributed by atoms with van der Waals surface area (Å²) >= 11 is 0. The summed E-state index contributed by atoms with van der Waals surface area (Å²) in [6.45, 7) is 4.17. The molecule has 0 saturated heterocycles. The van der Waals surface area contributed by atoms with Gasteiger partial charge in [-0.3, -0.25) is 4.98 Å². The molecule has 3 aromatic rings. The van der Waals surface area contributed by atoms with Crippen molar-refractivity contribution in [3.63, 3.8) is 0 Å². The maximum Gasteiger partial charge on any atom is 0.138 e. The molecule has 3 rings (SSSR count). The van der Waals surface area contributed by atoms with Gasteiger partial charge >= 0.3 is 0 Å². The molecule has 0 aliphatic heterocycles. The van der Waals surface area contributed by atoms with Gasteiger partial charge < -0.3 is 5.73 Å². The molecule has 0 aliphatic rings. The average molecular weight is 281 g/mol. The lowest BCUT2D eigenvalue weighted by Gasteiger charge is -2.15. The second-order valence-corrected chi connectivity index (χ2v) is 5.44. The van der Waals surface area contributed by atoms with Crippen molar-refractivity contribution in [2.24, 2.45) is 5.73 Å². The van der Waals surface area contributed by atoms with Gasteiger partial charge in [-0.2, -0.15) is 5.10 Å². The molecule has 108 valence electrons. The maximum atomic E-state index is 6.38. The number of nitrogens with zero attached hydrogens (tertiary/aromatic N) is 4. The fourth-order valence-corrected chi connectivity index (χ4v) is 2.58. The van der Waals surface area contributed by atoms with Crippen LogP contribution in [0.25, 0.3) is 10.8 Å². The van der Waals surface area contributed by atoms with Crippen LogP contribution in [0, 0.1) is 0 Å². The third-order valence-electron chi connectivity index (χ3n) is 3.59. The monoisotopic (exact) mass is 281 g/mol. The Balaban J connectivity index is 1.94. The van der Waals surface area contributed by atoms with Gasteiger partial charge in [-0.1, -0.05) is 24.3 Å². The van der Waals surface area contributed by atoms with Gasteiger partial charge in [-0.05, 0) is 25.3 Å². The van der Waals surface area contributed by atoms with E-state index in [4.69, 9.17) is 5.73 Å². The Hall–Kier alpha value is -2.27. The van der Waals surface area contributed by atoms with Gasteiger partial charge in [0.2, 0.25) is 0 Å². The molecule has 1 unspecified atom stereocenters. The largest absolute Gasteiger partial charge is 0.322 e. The maximum absolute atomic E-state index is 6.38. The predicted molar refractivity (Wildman–Crippen MR) is 82.8 cm³/mol. The Kier molecular flexibility index (Phi) is 3.66. The lowest BCUT2D eigenvalue weighted by atomic mass is 10.0. The van der Waals surface area contributed by atoms with Gasteiger partial charge in [0.1, 0.15) is 12.2 Å². The van der Waals surface area contributed by atoms with E-state index in [9.17, 15) is 0 Å². The number of nitrogens with two attached hydrogens (primary N) is 1. The van der Waals surface area contributed by atoms with Crippen LogP contribution in [0.15, 0.2) is 42.9 Å². The summed E-state index contributed by atoms with van der Waals surface area (Å²) in [5, 5.41) is 6.51. The second kappa shape index (κ2) is 5.61. The van der Waals surface area contributed by atoms with Crippen LogP contribution < -0.4 is 5.73 Å². The fourth-order valence-electron chi connectivity index (χ4n) is 2.58. The quantitative estimate of drug-likeness (QED) is 0.798. The zero-order valence-corrected chi connectivity index (χ0v) is 12.3. The average Bonchev–Trinajstić information content (AvgIpc) is 2.95. The van der Waals surface area contributed by atoms with E-state index in [0.717, 1.165) is 22.3 Å². The zero-order chi connectivity index (χ0) is 14.8. The number of aromatic nitrogens is 4. The zero-order valence-electron chi connectivity index (χ0n) is 12.3. The summed E-state index contributed by atoms with van der Waals surface area (Å²) in [6, 6.07) is 10.2. The van der Waals surface area contributed by atoms with Crippen molar-refractivity contribution < 1.29 is 0 Å². The van der Waals surface area contributed by atoms with Gasteiger partial charge in [-0.15, -0.1) is 0 Å². The van der Waals surface area contributed by atoms with Crippen LogP contribution >= 0.6 is 0 Å². The van der Waals surface area contributed by atoms with Gasteiger partial charge in [0, 0.05) is 24.0 Å². The standard InChI is InChI=1S/C16H19N5/c1-11(2)21-15(19-10-20-21)9-14(17)16-13-6-4-3-5-12(13)7-8-18-16/h3-8,10-11,14H,9,17H2,1-2H3. The highest BCUT2D eigenvalue weighted by Gasteiger charge is 2.16. The molecule has 0 amide bonds. The predicted octanol–water partition coefficient (Wildman–Crippen LogP) is 2.65. The number of benzene rings is 1. The third kappa shape index (κ3) is 2.64. The molecule has 21 heavy (non-hydrogen) atoms. The highest BCUT2D eigenvalue weighted by molar-refractivity contribution is 5.84. The normalized spacial score (nSPS) is 13.0. The second-order valence-electron chi connectivity index (χ2n) is 5.44. The molecule has 0 spiro atoms. The van der Waals surface area contributed by atoms with Crippen LogP contribution in [0.5, 0.6) is 0 Å². The van der Waals surface area contributed by atoms with Crippen LogP contribution in [-0.4, -0.2) is 19.7 Å². The summed E-state index contributed by atoms with van der Waals surface area (Å²) in [5.74, 6) is 0.896. The van der Waals surface area contributed by atoms with Crippen molar-refractivity contribution in [2.45, 2.75) is 32.4 Å². The highest BCUT2D eigenvalue weighted by Crippen LogP contribution is 2.23. The Labute approximate surface area is 123 Å². The molecule has 2 N–H and O–H groups in total. The van der Waals surface area contributed by atoms with Crippen molar-refractivity contribution in [3.8, 4) is 0 Å². The van der Waals surface area contributed by atoms with E-state index in [1.54, 1.807) is 6.33 Å². The summed E-state index contributed by atoms with van der Waals surface area (Å²) < 4.78 is 1.91. The number of hydrogen-bond acceptors (Lipinski definition) is 4. The van der Waals surface area contributed by atoms with E-state index >= 15 is 0 Å². The topological polar surface area (TPSA) is 69.6 Å². The highest BCUT2D eigenvalue weighted by atomic mass is 15.3. The van der Waals surface area contributed by atoms with E-state index in [-0.39, 0.29) is 12.1 Å². The molecule has 0 bridgehead atoms. The molecule has 2 aromatic heterocycles. The van der Waals surface area contributed by atoms with Crippen molar-refractivity contribution >= 4 is 10.8 Å². The molecule has 1 atom stereocenters. The molecule has 2 heterocycles. The molecular weight excluding hydrogens is 262 g/mol. The van der Waals surface area contributed by atoms with E-state index in [1.165, 1.54) is 0 Å². The van der Waals surface area contributed by atoms with Crippen molar-refractivity contribution in [3.05, 3.63) is 54.4 Å². The molecule has 0 aliphatic carbocycles. The Morgan fingerprint density at radius 2 is 1.95 bits per heavy atom. The van der Waals surface area contributed by atoms with Crippen LogP contribution in [0.1, 0.15) is 37.4 Å². The number of fused-ring (bicyclic) bond motifs is 1. The van der Waals surface area contributed by atoms with Crippen LogP contribution in [0.2, 0.25) is 0 Å². The smallest absolute Gasteiger partial charge is 0.138 e. The Morgan fingerprint density at radius 3 is 2.76 bits per heavy atom. The first-order chi connectivity index (χ1) is 10.2. The van der Waals surface area contributed by atoms with E-state index in [2.05, 4.69) is 41.0 Å². The van der Waals surface area contributed by atoms with Gasteiger partial charge in [0.05, 0.1) is 11.7 Å². The van der Waals surface area contributed by atoms with Gasteiger partial charge in [0.15, 0.2) is 0 Å². The number of hydrogen-bond donors (Lipinski definition) is 1. The summed E-state index contributed by atoms with van der Waals surface area (Å²) in [5.41, 5.74) is 7.29. The van der Waals surface area contributed by atoms with Crippen LogP contribution in [-0.2, 0) is 6.42 Å². The Morgan fingerprint density at radius 1 is 1.14 bits per heavy atom. The van der Waals surface area contributed by atoms with Crippen LogP contribution in [0.3, 0.4) is 0 Å². The minimum atomic E-state index is -0.196. The Bertz CT molecular complexity index is 742. The fraction of sp³-hybridized carbons (Fsp3) is 0.312. The van der Waals surface area contributed by atoms with E-state index in [0.29, 0.717) is 6.42 Å². The SMILES string of the molecule is CC(C)n1ncnc1CC(N)c1nccc2ccccc12. The lowest BCUT2D eigenvalue weighted by Crippen LogP contribution is -2.19. The first-order valence-electron chi connectivity index (χ1n) is 7.14. The van der Waals surface area contributed by atoms with E-state index in [1.807, 2.05) is 29.1 Å². The van der Waals surface area contributed by atoms with Crippen molar-refractivity contribution in [2.75, 3.05) is 0 Å². The summed E-state index contributed by atoms with van der Waals surface area (Å²) in [7, 11) is 0. The minimum Gasteiger partial charge on any atom is -0.322 e. The van der Waals surface area contributed by atoms with E-state index < -0.39 is 0 Å². The van der Waals surface area contributed by atoms with Gasteiger partial charge in [0.25, 0.3) is 0 Å². The molecule has 5 nitrogen and oxygen atoms in total. The first-order valence-corrected chi connectivity index (χ1v) is 7.14. The lowest BCUT2D eigenvalue weighted by molar-refractivity contribution is 0.492. The molecule has 1 aromatic carbocycles. The van der Waals surface area contributed by atoms with Gasteiger partial charge in [-0.25, -0.2) is 9.67 Å². The molecule has 0 saturated carbocycles. The minimum absolute atomic E-state index is 0.196. The molecular formula is C16H19N5. The summed E-state index contributed by atoms with van der Waals surface area (Å²) in [4.78, 5) is 8.81.